The Bertz CT molecular complexity index is 1080. The molecule has 0 saturated heterocycles. The smallest absolute Gasteiger partial charge is 0.252 e. The van der Waals surface area contributed by atoms with Crippen LogP contribution in [0.2, 0.25) is 0 Å². The molecular weight excluding hydrogens is 344 g/mol. The van der Waals surface area contributed by atoms with Gasteiger partial charge in [-0.25, -0.2) is 14.6 Å². The third kappa shape index (κ3) is 3.33. The normalized spacial score (nSPS) is 12.3. The van der Waals surface area contributed by atoms with Gasteiger partial charge in [-0.1, -0.05) is 0 Å². The number of rotatable bonds is 5. The Hall–Kier alpha value is -3.42. The Kier molecular flexibility index (Phi) is 4.23. The molecule has 1 atom stereocenters. The highest BCUT2D eigenvalue weighted by Crippen LogP contribution is 2.25. The number of nitrogens with one attached hydrogen (secondary N) is 1. The van der Waals surface area contributed by atoms with Gasteiger partial charge in [0.15, 0.2) is 17.2 Å². The van der Waals surface area contributed by atoms with E-state index in [-0.39, 0.29) is 6.04 Å². The number of aromatic nitrogens is 5. The van der Waals surface area contributed by atoms with Gasteiger partial charge < -0.3 is 14.5 Å². The van der Waals surface area contributed by atoms with Crippen molar-refractivity contribution in [3.05, 3.63) is 53.9 Å². The zero-order chi connectivity index (χ0) is 19.0. The fourth-order valence-electron chi connectivity index (χ4n) is 2.86. The molecular formula is C19H20N6O2. The van der Waals surface area contributed by atoms with E-state index in [2.05, 4.69) is 25.4 Å². The summed E-state index contributed by atoms with van der Waals surface area (Å²) in [5, 5.41) is 7.85. The van der Waals surface area contributed by atoms with Crippen molar-refractivity contribution in [3.63, 3.8) is 0 Å². The molecule has 0 radical (unpaired) electrons. The Morgan fingerprint density at radius 3 is 2.63 bits per heavy atom. The topological polar surface area (TPSA) is 90.9 Å². The van der Waals surface area contributed by atoms with Crippen LogP contribution in [0.25, 0.3) is 16.9 Å². The van der Waals surface area contributed by atoms with Crippen LogP contribution in [0, 0.1) is 13.8 Å². The van der Waals surface area contributed by atoms with Gasteiger partial charge in [0.05, 0.1) is 25.0 Å². The van der Waals surface area contributed by atoms with Gasteiger partial charge in [0.25, 0.3) is 5.71 Å². The minimum atomic E-state index is -0.0218. The van der Waals surface area contributed by atoms with Crippen molar-refractivity contribution in [3.8, 4) is 11.4 Å². The molecule has 138 valence electrons. The fraction of sp³-hybridized carbons (Fsp3) is 0.263. The first-order chi connectivity index (χ1) is 13.0. The molecule has 8 heteroatoms. The number of hydrogen-bond donors (Lipinski definition) is 1. The summed E-state index contributed by atoms with van der Waals surface area (Å²) >= 11 is 0. The van der Waals surface area contributed by atoms with Gasteiger partial charge in [-0.05, 0) is 38.1 Å². The molecule has 0 aliphatic heterocycles. The molecule has 1 N–H and O–H groups in total. The van der Waals surface area contributed by atoms with Crippen LogP contribution >= 0.6 is 0 Å². The molecule has 0 saturated carbocycles. The van der Waals surface area contributed by atoms with Crippen molar-refractivity contribution in [2.45, 2.75) is 26.8 Å². The summed E-state index contributed by atoms with van der Waals surface area (Å²) in [6.45, 7) is 5.67. The molecule has 3 heterocycles. The van der Waals surface area contributed by atoms with Crippen molar-refractivity contribution in [2.24, 2.45) is 0 Å². The molecule has 4 rings (SSSR count). The number of oxazole rings is 1. The second-order valence-corrected chi connectivity index (χ2v) is 6.29. The van der Waals surface area contributed by atoms with E-state index < -0.39 is 0 Å². The van der Waals surface area contributed by atoms with E-state index in [1.165, 1.54) is 0 Å². The summed E-state index contributed by atoms with van der Waals surface area (Å²) in [6, 6.07) is 7.72. The van der Waals surface area contributed by atoms with Crippen LogP contribution in [-0.2, 0) is 0 Å². The number of hydrogen-bond acceptors (Lipinski definition) is 7. The van der Waals surface area contributed by atoms with Crippen LogP contribution in [0.4, 0.5) is 5.82 Å². The SMILES string of the molecule is COc1ccc(-n2cc(C(C)Nc3nc(C)nc4oc(C)nc34)cn2)cc1. The third-order valence-corrected chi connectivity index (χ3v) is 4.27. The average molecular weight is 364 g/mol. The van der Waals surface area contributed by atoms with Crippen LogP contribution < -0.4 is 10.1 Å². The molecule has 1 aromatic carbocycles. The predicted molar refractivity (Wildman–Crippen MR) is 101 cm³/mol. The number of aryl methyl sites for hydroxylation is 2. The number of ether oxygens (including phenoxy) is 1. The lowest BCUT2D eigenvalue weighted by molar-refractivity contribution is 0.414. The predicted octanol–water partition coefficient (Wildman–Crippen LogP) is 3.60. The Morgan fingerprint density at radius 2 is 1.89 bits per heavy atom. The van der Waals surface area contributed by atoms with Gasteiger partial charge in [0.1, 0.15) is 11.6 Å². The maximum Gasteiger partial charge on any atom is 0.252 e. The highest BCUT2D eigenvalue weighted by molar-refractivity contribution is 5.81. The summed E-state index contributed by atoms with van der Waals surface area (Å²) in [6.07, 6.45) is 3.82. The van der Waals surface area contributed by atoms with Crippen molar-refractivity contribution in [1.82, 2.24) is 24.7 Å². The molecule has 0 spiro atoms. The molecule has 1 unspecified atom stereocenters. The number of methoxy groups -OCH3 is 1. The first-order valence-corrected chi connectivity index (χ1v) is 8.61. The maximum absolute atomic E-state index is 5.53. The zero-order valence-electron chi connectivity index (χ0n) is 15.6. The molecule has 0 bridgehead atoms. The van der Waals surface area contributed by atoms with Crippen molar-refractivity contribution < 1.29 is 9.15 Å². The molecule has 0 amide bonds. The lowest BCUT2D eigenvalue weighted by atomic mass is 10.2. The van der Waals surface area contributed by atoms with E-state index in [4.69, 9.17) is 9.15 Å². The van der Waals surface area contributed by atoms with Gasteiger partial charge in [0.2, 0.25) is 0 Å². The monoisotopic (exact) mass is 364 g/mol. The summed E-state index contributed by atoms with van der Waals surface area (Å²) in [5.74, 6) is 2.65. The Labute approximate surface area is 156 Å². The summed E-state index contributed by atoms with van der Waals surface area (Å²) in [7, 11) is 1.65. The standard InChI is InChI=1S/C19H20N6O2/c1-11(21-18-17-19(23-12(2)22-18)27-13(3)24-17)14-9-20-25(10-14)15-5-7-16(26-4)8-6-15/h5-11H,1-4H3,(H,21,22,23). The van der Waals surface area contributed by atoms with E-state index in [0.29, 0.717) is 28.8 Å². The Balaban J connectivity index is 1.59. The minimum absolute atomic E-state index is 0.0218. The maximum atomic E-state index is 5.53. The van der Waals surface area contributed by atoms with Crippen LogP contribution in [-0.4, -0.2) is 31.8 Å². The van der Waals surface area contributed by atoms with Crippen LogP contribution in [0.5, 0.6) is 5.75 Å². The lowest BCUT2D eigenvalue weighted by Gasteiger charge is -2.13. The minimum Gasteiger partial charge on any atom is -0.497 e. The molecule has 4 aromatic rings. The molecule has 0 aliphatic carbocycles. The van der Waals surface area contributed by atoms with E-state index in [9.17, 15) is 0 Å². The van der Waals surface area contributed by atoms with E-state index in [0.717, 1.165) is 17.0 Å². The van der Waals surface area contributed by atoms with Crippen molar-refractivity contribution in [1.29, 1.82) is 0 Å². The van der Waals surface area contributed by atoms with E-state index >= 15 is 0 Å². The van der Waals surface area contributed by atoms with Crippen LogP contribution in [0.1, 0.15) is 30.2 Å². The highest BCUT2D eigenvalue weighted by Gasteiger charge is 2.16. The van der Waals surface area contributed by atoms with E-state index in [1.54, 1.807) is 14.0 Å². The quantitative estimate of drug-likeness (QED) is 0.578. The van der Waals surface area contributed by atoms with Crippen molar-refractivity contribution in [2.75, 3.05) is 12.4 Å². The number of fused-ring (bicyclic) bond motifs is 1. The lowest BCUT2D eigenvalue weighted by Crippen LogP contribution is -2.09. The molecule has 3 aromatic heterocycles. The summed E-state index contributed by atoms with van der Waals surface area (Å²) < 4.78 is 12.6. The van der Waals surface area contributed by atoms with Gasteiger partial charge in [-0.3, -0.25) is 0 Å². The summed E-state index contributed by atoms with van der Waals surface area (Å²) in [5.41, 5.74) is 3.10. The van der Waals surface area contributed by atoms with Gasteiger partial charge >= 0.3 is 0 Å². The average Bonchev–Trinajstić information content (AvgIpc) is 3.28. The molecule has 0 fully saturated rings. The number of benzene rings is 1. The Morgan fingerprint density at radius 1 is 1.11 bits per heavy atom. The van der Waals surface area contributed by atoms with Gasteiger partial charge in [-0.2, -0.15) is 10.1 Å². The summed E-state index contributed by atoms with van der Waals surface area (Å²) in [4.78, 5) is 13.1. The van der Waals surface area contributed by atoms with Crippen molar-refractivity contribution >= 4 is 17.0 Å². The highest BCUT2D eigenvalue weighted by atomic mass is 16.5. The molecule has 8 nitrogen and oxygen atoms in total. The van der Waals surface area contributed by atoms with Crippen LogP contribution in [0.3, 0.4) is 0 Å². The molecule has 0 aliphatic rings. The van der Waals surface area contributed by atoms with Gasteiger partial charge in [0, 0.05) is 18.7 Å². The van der Waals surface area contributed by atoms with E-state index in [1.807, 2.05) is 55.2 Å². The zero-order valence-corrected chi connectivity index (χ0v) is 15.6. The second-order valence-electron chi connectivity index (χ2n) is 6.29. The molecule has 27 heavy (non-hydrogen) atoms. The second kappa shape index (κ2) is 6.71. The number of anilines is 1. The third-order valence-electron chi connectivity index (χ3n) is 4.27. The first-order valence-electron chi connectivity index (χ1n) is 8.61. The van der Waals surface area contributed by atoms with Gasteiger partial charge in [-0.15, -0.1) is 0 Å². The first kappa shape index (κ1) is 17.0. The van der Waals surface area contributed by atoms with Crippen LogP contribution in [0.15, 0.2) is 41.1 Å². The largest absolute Gasteiger partial charge is 0.497 e. The number of nitrogens with zero attached hydrogens (tertiary/aromatic N) is 5. The fourth-order valence-corrected chi connectivity index (χ4v) is 2.86.